The maximum Gasteiger partial charge on any atom is 0.248 e. The molecular weight excluding hydrogens is 200 g/mol. The molecule has 0 amide bonds. The number of sulfonamides is 1. The molecule has 1 aromatic carbocycles. The Bertz CT molecular complexity index is 402. The average Bonchev–Trinajstić information content (AvgIpc) is 2.18. The average molecular weight is 212 g/mol. The van der Waals surface area contributed by atoms with E-state index in [0.717, 1.165) is 5.69 Å². The van der Waals surface area contributed by atoms with Crippen LogP contribution in [0.4, 0.5) is 5.69 Å². The zero-order valence-electron chi connectivity index (χ0n) is 7.68. The van der Waals surface area contributed by atoms with Gasteiger partial charge < -0.3 is 5.32 Å². The number of rotatable bonds is 1. The highest BCUT2D eigenvalue weighted by molar-refractivity contribution is 7.92. The molecule has 0 bridgehead atoms. The van der Waals surface area contributed by atoms with Crippen molar-refractivity contribution in [3.05, 3.63) is 30.3 Å². The molecule has 14 heavy (non-hydrogen) atoms. The summed E-state index contributed by atoms with van der Waals surface area (Å²) in [5, 5.41) is 2.85. The Hall–Kier alpha value is -1.07. The highest BCUT2D eigenvalue weighted by atomic mass is 32.2. The van der Waals surface area contributed by atoms with Crippen LogP contribution in [0.1, 0.15) is 0 Å². The van der Waals surface area contributed by atoms with Crippen LogP contribution in [-0.2, 0) is 10.0 Å². The first-order valence-electron chi connectivity index (χ1n) is 4.46. The molecule has 1 heterocycles. The van der Waals surface area contributed by atoms with E-state index in [0.29, 0.717) is 13.1 Å². The fourth-order valence-electron chi connectivity index (χ4n) is 1.48. The summed E-state index contributed by atoms with van der Waals surface area (Å²) in [6.07, 6.45) is 0. The van der Waals surface area contributed by atoms with Gasteiger partial charge in [-0.1, -0.05) is 18.2 Å². The minimum absolute atomic E-state index is 0.0297. The Morgan fingerprint density at radius 2 is 1.93 bits per heavy atom. The fourth-order valence-corrected chi connectivity index (χ4v) is 2.85. The van der Waals surface area contributed by atoms with Gasteiger partial charge in [0, 0.05) is 13.1 Å². The first-order chi connectivity index (χ1) is 6.70. The zero-order valence-corrected chi connectivity index (χ0v) is 8.50. The molecule has 0 atom stereocenters. The molecule has 0 aliphatic carbocycles. The molecule has 1 aliphatic heterocycles. The lowest BCUT2D eigenvalue weighted by molar-refractivity contribution is 0.569. The Balaban J connectivity index is 2.34. The van der Waals surface area contributed by atoms with Crippen molar-refractivity contribution >= 4 is 15.7 Å². The van der Waals surface area contributed by atoms with Crippen molar-refractivity contribution in [2.75, 3.05) is 23.3 Å². The predicted octanol–water partition coefficient (Wildman–Crippen LogP) is 0.383. The standard InChI is InChI=1S/C9H12N2O2S/c12-14(13)8-10-6-7-11(14)9-4-2-1-3-5-9/h1-5,10H,6-8H2. The van der Waals surface area contributed by atoms with Gasteiger partial charge in [0.05, 0.1) is 5.69 Å². The maximum atomic E-state index is 11.6. The van der Waals surface area contributed by atoms with Crippen molar-refractivity contribution in [3.63, 3.8) is 0 Å². The van der Waals surface area contributed by atoms with Gasteiger partial charge in [-0.25, -0.2) is 8.42 Å². The quantitative estimate of drug-likeness (QED) is 0.732. The van der Waals surface area contributed by atoms with E-state index in [-0.39, 0.29) is 5.88 Å². The van der Waals surface area contributed by atoms with Gasteiger partial charge in [0.15, 0.2) is 0 Å². The SMILES string of the molecule is O=S1(=O)CNCCN1c1ccccc1. The van der Waals surface area contributed by atoms with Crippen molar-refractivity contribution < 1.29 is 8.42 Å². The van der Waals surface area contributed by atoms with E-state index in [4.69, 9.17) is 0 Å². The number of hydrogen-bond donors (Lipinski definition) is 1. The number of benzene rings is 1. The second-order valence-corrected chi connectivity index (χ2v) is 5.06. The smallest absolute Gasteiger partial charge is 0.248 e. The van der Waals surface area contributed by atoms with Crippen LogP contribution in [0.2, 0.25) is 0 Å². The van der Waals surface area contributed by atoms with Crippen LogP contribution < -0.4 is 9.62 Å². The third-order valence-electron chi connectivity index (χ3n) is 2.16. The predicted molar refractivity (Wildman–Crippen MR) is 55.6 cm³/mol. The van der Waals surface area contributed by atoms with E-state index in [2.05, 4.69) is 5.32 Å². The van der Waals surface area contributed by atoms with Crippen LogP contribution in [0.5, 0.6) is 0 Å². The number of para-hydroxylation sites is 1. The van der Waals surface area contributed by atoms with Crippen molar-refractivity contribution in [1.29, 1.82) is 0 Å². The van der Waals surface area contributed by atoms with Gasteiger partial charge in [0.25, 0.3) is 0 Å². The molecule has 4 nitrogen and oxygen atoms in total. The summed E-state index contributed by atoms with van der Waals surface area (Å²) in [7, 11) is -3.15. The number of anilines is 1. The van der Waals surface area contributed by atoms with Crippen molar-refractivity contribution in [3.8, 4) is 0 Å². The molecule has 0 radical (unpaired) electrons. The molecule has 76 valence electrons. The molecule has 5 heteroatoms. The fraction of sp³-hybridized carbons (Fsp3) is 0.333. The normalized spacial score (nSPS) is 20.7. The largest absolute Gasteiger partial charge is 0.300 e. The van der Waals surface area contributed by atoms with Gasteiger partial charge in [0.1, 0.15) is 5.88 Å². The number of nitrogens with zero attached hydrogens (tertiary/aromatic N) is 1. The van der Waals surface area contributed by atoms with Gasteiger partial charge >= 0.3 is 0 Å². The Morgan fingerprint density at radius 3 is 2.57 bits per heavy atom. The summed E-state index contributed by atoms with van der Waals surface area (Å²) in [6, 6.07) is 9.17. The van der Waals surface area contributed by atoms with E-state index in [1.54, 1.807) is 0 Å². The highest BCUT2D eigenvalue weighted by Crippen LogP contribution is 2.18. The molecule has 0 aromatic heterocycles. The third-order valence-corrected chi connectivity index (χ3v) is 3.79. The van der Waals surface area contributed by atoms with Crippen molar-refractivity contribution in [2.45, 2.75) is 0 Å². The lowest BCUT2D eigenvalue weighted by Crippen LogP contribution is -2.47. The number of nitrogens with one attached hydrogen (secondary N) is 1. The second-order valence-electron chi connectivity index (χ2n) is 3.16. The zero-order chi connectivity index (χ0) is 10.0. The van der Waals surface area contributed by atoms with Gasteiger partial charge in [0.2, 0.25) is 10.0 Å². The summed E-state index contributed by atoms with van der Waals surface area (Å²) >= 11 is 0. The first kappa shape index (κ1) is 9.48. The van der Waals surface area contributed by atoms with E-state index >= 15 is 0 Å². The first-order valence-corrected chi connectivity index (χ1v) is 6.07. The topological polar surface area (TPSA) is 49.4 Å². The molecule has 1 N–H and O–H groups in total. The van der Waals surface area contributed by atoms with E-state index in [1.807, 2.05) is 30.3 Å². The molecule has 1 saturated heterocycles. The molecule has 1 fully saturated rings. The van der Waals surface area contributed by atoms with Gasteiger partial charge in [-0.15, -0.1) is 0 Å². The highest BCUT2D eigenvalue weighted by Gasteiger charge is 2.25. The third kappa shape index (κ3) is 1.73. The monoisotopic (exact) mass is 212 g/mol. The van der Waals surface area contributed by atoms with Crippen LogP contribution in [0.3, 0.4) is 0 Å². The maximum absolute atomic E-state index is 11.6. The van der Waals surface area contributed by atoms with Crippen LogP contribution in [0.15, 0.2) is 30.3 Å². The Labute approximate surface area is 83.6 Å². The van der Waals surface area contributed by atoms with Gasteiger partial charge in [-0.05, 0) is 12.1 Å². The summed E-state index contributed by atoms with van der Waals surface area (Å²) < 4.78 is 24.7. The molecule has 0 spiro atoms. The minimum atomic E-state index is -3.15. The van der Waals surface area contributed by atoms with Crippen LogP contribution in [0, 0.1) is 0 Å². The molecule has 0 unspecified atom stereocenters. The van der Waals surface area contributed by atoms with Crippen molar-refractivity contribution in [2.24, 2.45) is 0 Å². The molecule has 1 aliphatic rings. The molecular formula is C9H12N2O2S. The molecule has 1 aromatic rings. The lowest BCUT2D eigenvalue weighted by atomic mass is 10.3. The van der Waals surface area contributed by atoms with E-state index < -0.39 is 10.0 Å². The number of hydrogen-bond acceptors (Lipinski definition) is 3. The van der Waals surface area contributed by atoms with E-state index in [1.165, 1.54) is 4.31 Å². The van der Waals surface area contributed by atoms with Gasteiger partial charge in [-0.3, -0.25) is 4.31 Å². The summed E-state index contributed by atoms with van der Waals surface area (Å²) in [4.78, 5) is 0. The molecule has 2 rings (SSSR count). The minimum Gasteiger partial charge on any atom is -0.300 e. The lowest BCUT2D eigenvalue weighted by Gasteiger charge is -2.28. The van der Waals surface area contributed by atoms with Gasteiger partial charge in [-0.2, -0.15) is 0 Å². The van der Waals surface area contributed by atoms with Crippen LogP contribution in [0.25, 0.3) is 0 Å². The van der Waals surface area contributed by atoms with Crippen LogP contribution >= 0.6 is 0 Å². The van der Waals surface area contributed by atoms with Crippen molar-refractivity contribution in [1.82, 2.24) is 5.32 Å². The summed E-state index contributed by atoms with van der Waals surface area (Å²) in [6.45, 7) is 1.21. The summed E-state index contributed by atoms with van der Waals surface area (Å²) in [5.74, 6) is 0.0297. The molecule has 0 saturated carbocycles. The Morgan fingerprint density at radius 1 is 1.21 bits per heavy atom. The summed E-state index contributed by atoms with van der Waals surface area (Å²) in [5.41, 5.74) is 0.744. The Kier molecular flexibility index (Phi) is 2.43. The van der Waals surface area contributed by atoms with E-state index in [9.17, 15) is 8.42 Å². The second kappa shape index (κ2) is 3.59. The van der Waals surface area contributed by atoms with Crippen LogP contribution in [-0.4, -0.2) is 27.4 Å².